The number of carbonyl (C=O) groups excluding carboxylic acids is 1. The molecule has 0 bridgehead atoms. The van der Waals surface area contributed by atoms with Crippen LogP contribution in [-0.4, -0.2) is 24.4 Å². The molecule has 0 aliphatic rings. The molecular weight excluding hydrogens is 380 g/mol. The van der Waals surface area contributed by atoms with E-state index in [0.717, 1.165) is 6.07 Å². The first kappa shape index (κ1) is 16.0. The summed E-state index contributed by atoms with van der Waals surface area (Å²) in [5, 5.41) is 0. The van der Waals surface area contributed by atoms with Gasteiger partial charge in [0.05, 0.1) is 19.2 Å². The highest BCUT2D eigenvalue weighted by Gasteiger charge is 2.32. The fourth-order valence-electron chi connectivity index (χ4n) is 1.28. The summed E-state index contributed by atoms with van der Waals surface area (Å²) < 4.78 is 44.8. The summed E-state index contributed by atoms with van der Waals surface area (Å²) in [7, 11) is 1.20. The number of rotatable bonds is 4. The second-order valence-electron chi connectivity index (χ2n) is 3.39. The minimum Gasteiger partial charge on any atom is -0.469 e. The Kier molecular flexibility index (Phi) is 5.35. The molecule has 0 saturated heterocycles. The maximum atomic E-state index is 12.2. The zero-order valence-corrected chi connectivity index (χ0v) is 11.9. The lowest BCUT2D eigenvalue weighted by molar-refractivity contribution is -0.275. The van der Waals surface area contributed by atoms with Gasteiger partial charge in [0.1, 0.15) is 3.70 Å². The number of carbonyl (C=O) groups is 1. The van der Waals surface area contributed by atoms with Gasteiger partial charge >= 0.3 is 12.3 Å². The number of esters is 1. The van der Waals surface area contributed by atoms with Crippen molar-refractivity contribution in [3.05, 3.63) is 21.0 Å². The quantitative estimate of drug-likeness (QED) is 0.482. The lowest BCUT2D eigenvalue weighted by atomic mass is 10.1. The number of halogens is 4. The summed E-state index contributed by atoms with van der Waals surface area (Å²) in [4.78, 5) is 15.1. The van der Waals surface area contributed by atoms with E-state index in [4.69, 9.17) is 5.73 Å². The van der Waals surface area contributed by atoms with Crippen molar-refractivity contribution in [2.45, 2.75) is 19.3 Å². The Morgan fingerprint density at radius 1 is 1.53 bits per heavy atom. The molecule has 1 rings (SSSR count). The van der Waals surface area contributed by atoms with Crippen molar-refractivity contribution in [1.82, 2.24) is 4.98 Å². The van der Waals surface area contributed by atoms with Gasteiger partial charge in [-0.1, -0.05) is 0 Å². The number of alkyl halides is 3. The second-order valence-corrected chi connectivity index (χ2v) is 4.41. The normalized spacial score (nSPS) is 11.3. The van der Waals surface area contributed by atoms with Gasteiger partial charge in [-0.05, 0) is 34.2 Å². The number of ether oxygens (including phenoxy) is 2. The van der Waals surface area contributed by atoms with E-state index in [0.29, 0.717) is 5.56 Å². The van der Waals surface area contributed by atoms with Gasteiger partial charge in [0.25, 0.3) is 0 Å². The van der Waals surface area contributed by atoms with E-state index >= 15 is 0 Å². The molecule has 19 heavy (non-hydrogen) atoms. The third-order valence-corrected chi connectivity index (χ3v) is 2.87. The summed E-state index contributed by atoms with van der Waals surface area (Å²) in [6.07, 6.45) is -4.97. The predicted molar refractivity (Wildman–Crippen MR) is 67.2 cm³/mol. The molecule has 0 saturated carbocycles. The Bertz CT molecular complexity index is 480. The number of hydrogen-bond acceptors (Lipinski definition) is 5. The van der Waals surface area contributed by atoms with Crippen LogP contribution in [0.3, 0.4) is 0 Å². The maximum absolute atomic E-state index is 12.2. The van der Waals surface area contributed by atoms with Crippen molar-refractivity contribution in [2.75, 3.05) is 7.11 Å². The molecule has 5 nitrogen and oxygen atoms in total. The zero-order chi connectivity index (χ0) is 14.6. The van der Waals surface area contributed by atoms with E-state index in [-0.39, 0.29) is 22.4 Å². The fraction of sp³-hybridized carbons (Fsp3) is 0.400. The Morgan fingerprint density at radius 2 is 2.16 bits per heavy atom. The SMILES string of the molecule is COC(=O)Cc1nc(I)c(OC(F)(F)F)cc1CN. The molecule has 0 amide bonds. The number of aromatic nitrogens is 1. The van der Waals surface area contributed by atoms with Crippen LogP contribution < -0.4 is 10.5 Å². The topological polar surface area (TPSA) is 74.4 Å². The standard InChI is InChI=1S/C10H10F3IN2O3/c1-18-8(17)3-6-5(4-15)2-7(9(14)16-6)19-10(11,12)13/h2H,3-4,15H2,1H3. The molecule has 0 aromatic carbocycles. The summed E-state index contributed by atoms with van der Waals surface area (Å²) in [5.41, 5.74) is 5.99. The first-order chi connectivity index (χ1) is 8.76. The van der Waals surface area contributed by atoms with Gasteiger partial charge in [0, 0.05) is 6.54 Å². The molecule has 0 fully saturated rings. The monoisotopic (exact) mass is 390 g/mol. The van der Waals surface area contributed by atoms with E-state index in [1.165, 1.54) is 7.11 Å². The molecule has 1 aromatic rings. The van der Waals surface area contributed by atoms with Crippen LogP contribution in [0.4, 0.5) is 13.2 Å². The lowest BCUT2D eigenvalue weighted by Gasteiger charge is -2.13. The van der Waals surface area contributed by atoms with Gasteiger partial charge in [0.15, 0.2) is 5.75 Å². The summed E-state index contributed by atoms with van der Waals surface area (Å²) in [6.45, 7) is -0.0650. The van der Waals surface area contributed by atoms with E-state index in [2.05, 4.69) is 14.5 Å². The third kappa shape index (κ3) is 4.82. The Labute approximate surface area is 120 Å². The summed E-state index contributed by atoms with van der Waals surface area (Å²) in [6, 6.07) is 1.13. The molecule has 0 radical (unpaired) electrons. The highest BCUT2D eigenvalue weighted by molar-refractivity contribution is 14.1. The van der Waals surface area contributed by atoms with Gasteiger partial charge in [-0.25, -0.2) is 4.98 Å². The molecule has 0 atom stereocenters. The molecule has 0 spiro atoms. The van der Waals surface area contributed by atoms with E-state index in [1.54, 1.807) is 22.6 Å². The Balaban J connectivity index is 3.10. The predicted octanol–water partition coefficient (Wildman–Crippen LogP) is 1.76. The first-order valence-corrected chi connectivity index (χ1v) is 6.05. The van der Waals surface area contributed by atoms with Crippen LogP contribution in [0.15, 0.2) is 6.07 Å². The molecular formula is C10H10F3IN2O3. The lowest BCUT2D eigenvalue weighted by Crippen LogP contribution is -2.19. The van der Waals surface area contributed by atoms with Crippen molar-refractivity contribution >= 4 is 28.6 Å². The van der Waals surface area contributed by atoms with Crippen molar-refractivity contribution in [3.63, 3.8) is 0 Å². The van der Waals surface area contributed by atoms with Crippen LogP contribution in [0, 0.1) is 3.70 Å². The van der Waals surface area contributed by atoms with Crippen LogP contribution in [0.5, 0.6) is 5.75 Å². The largest absolute Gasteiger partial charge is 0.573 e. The van der Waals surface area contributed by atoms with Gasteiger partial charge in [-0.2, -0.15) is 0 Å². The Hall–Kier alpha value is -1.10. The summed E-state index contributed by atoms with van der Waals surface area (Å²) >= 11 is 1.59. The molecule has 0 aliphatic carbocycles. The minimum absolute atomic E-state index is 0.00831. The average molecular weight is 390 g/mol. The van der Waals surface area contributed by atoms with E-state index in [1.807, 2.05) is 0 Å². The minimum atomic E-state index is -4.81. The third-order valence-electron chi connectivity index (χ3n) is 2.10. The van der Waals surface area contributed by atoms with Crippen molar-refractivity contribution in [1.29, 1.82) is 0 Å². The van der Waals surface area contributed by atoms with Crippen molar-refractivity contribution in [3.8, 4) is 5.75 Å². The van der Waals surface area contributed by atoms with Crippen molar-refractivity contribution in [2.24, 2.45) is 5.73 Å². The van der Waals surface area contributed by atoms with Crippen LogP contribution >= 0.6 is 22.6 Å². The Morgan fingerprint density at radius 3 is 2.63 bits per heavy atom. The van der Waals surface area contributed by atoms with Gasteiger partial charge in [-0.3, -0.25) is 4.79 Å². The molecule has 106 valence electrons. The van der Waals surface area contributed by atoms with Crippen LogP contribution in [0.1, 0.15) is 11.3 Å². The number of nitrogens with two attached hydrogens (primary N) is 1. The average Bonchev–Trinajstić information content (AvgIpc) is 2.30. The van der Waals surface area contributed by atoms with E-state index < -0.39 is 18.1 Å². The smallest absolute Gasteiger partial charge is 0.469 e. The van der Waals surface area contributed by atoms with Gasteiger partial charge < -0.3 is 15.2 Å². The number of methoxy groups -OCH3 is 1. The van der Waals surface area contributed by atoms with Gasteiger partial charge in [-0.15, -0.1) is 13.2 Å². The van der Waals surface area contributed by atoms with Gasteiger partial charge in [0.2, 0.25) is 0 Å². The molecule has 0 aliphatic heterocycles. The van der Waals surface area contributed by atoms with Crippen molar-refractivity contribution < 1.29 is 27.4 Å². The number of nitrogens with zero attached hydrogens (tertiary/aromatic N) is 1. The van der Waals surface area contributed by atoms with Crippen LogP contribution in [0.2, 0.25) is 0 Å². The molecule has 1 heterocycles. The highest BCUT2D eigenvalue weighted by atomic mass is 127. The first-order valence-electron chi connectivity index (χ1n) is 4.97. The molecule has 0 unspecified atom stereocenters. The molecule has 9 heteroatoms. The highest BCUT2D eigenvalue weighted by Crippen LogP contribution is 2.28. The number of pyridine rings is 1. The van der Waals surface area contributed by atoms with Crippen LogP contribution in [-0.2, 0) is 22.5 Å². The molecule has 2 N–H and O–H groups in total. The second kappa shape index (κ2) is 6.37. The zero-order valence-electron chi connectivity index (χ0n) is 9.75. The van der Waals surface area contributed by atoms with Crippen LogP contribution in [0.25, 0.3) is 0 Å². The molecule has 1 aromatic heterocycles. The summed E-state index contributed by atoms with van der Waals surface area (Å²) in [5.74, 6) is -0.996. The fourth-order valence-corrected chi connectivity index (χ4v) is 1.84. The maximum Gasteiger partial charge on any atom is 0.573 e. The van der Waals surface area contributed by atoms with E-state index in [9.17, 15) is 18.0 Å². The number of hydrogen-bond donors (Lipinski definition) is 1.